The summed E-state index contributed by atoms with van der Waals surface area (Å²) in [7, 11) is 0. The number of hydrogen-bond donors (Lipinski definition) is 1. The number of allylic oxidation sites excluding steroid dienone is 2. The van der Waals surface area contributed by atoms with Gasteiger partial charge in [0.2, 0.25) is 0 Å². The van der Waals surface area contributed by atoms with Crippen molar-refractivity contribution in [2.24, 2.45) is 5.73 Å². The van der Waals surface area contributed by atoms with Crippen LogP contribution in [0.4, 0.5) is 4.39 Å². The number of nitrogens with two attached hydrogens (primary N) is 1. The lowest BCUT2D eigenvalue weighted by Crippen LogP contribution is -2.36. The van der Waals surface area contributed by atoms with Gasteiger partial charge in [-0.15, -0.1) is 0 Å². The average Bonchev–Trinajstić information content (AvgIpc) is 2.20. The number of alkyl halides is 1. The molecule has 1 aliphatic rings. The molecule has 0 unspecified atom stereocenters. The lowest BCUT2D eigenvalue weighted by atomic mass is 10.3. The van der Waals surface area contributed by atoms with Crippen LogP contribution in [0.25, 0.3) is 0 Å². The van der Waals surface area contributed by atoms with Gasteiger partial charge < -0.3 is 10.5 Å². The van der Waals surface area contributed by atoms with Crippen molar-refractivity contribution < 1.29 is 9.13 Å². The molecule has 1 aliphatic heterocycles. The van der Waals surface area contributed by atoms with E-state index in [9.17, 15) is 4.39 Å². The molecule has 0 aliphatic carbocycles. The fraction of sp³-hybridized carbons (Fsp3) is 0.600. The van der Waals surface area contributed by atoms with Crippen LogP contribution in [-0.2, 0) is 4.74 Å². The highest BCUT2D eigenvalue weighted by Crippen LogP contribution is 1.97. The first kappa shape index (κ1) is 11.2. The summed E-state index contributed by atoms with van der Waals surface area (Å²) in [5, 5.41) is 0. The molecule has 0 radical (unpaired) electrons. The van der Waals surface area contributed by atoms with Gasteiger partial charge in [0.15, 0.2) is 0 Å². The van der Waals surface area contributed by atoms with E-state index >= 15 is 0 Å². The molecule has 0 saturated carbocycles. The summed E-state index contributed by atoms with van der Waals surface area (Å²) in [4.78, 5) is 2.27. The smallest absolute Gasteiger partial charge is 0.110 e. The van der Waals surface area contributed by atoms with Crippen LogP contribution in [-0.4, -0.2) is 44.4 Å². The highest BCUT2D eigenvalue weighted by atomic mass is 19.1. The summed E-state index contributed by atoms with van der Waals surface area (Å²) >= 11 is 0. The molecule has 0 atom stereocenters. The lowest BCUT2D eigenvalue weighted by molar-refractivity contribution is 0.0434. The van der Waals surface area contributed by atoms with Gasteiger partial charge in [-0.1, -0.05) is 6.08 Å². The molecule has 1 rings (SSSR count). The number of nitrogens with zero attached hydrogens (tertiary/aromatic N) is 1. The first-order valence-electron chi connectivity index (χ1n) is 4.81. The molecule has 1 saturated heterocycles. The van der Waals surface area contributed by atoms with Crippen molar-refractivity contribution in [1.82, 2.24) is 4.90 Å². The normalized spacial score (nSPS) is 20.5. The zero-order valence-electron chi connectivity index (χ0n) is 8.29. The molecule has 1 fully saturated rings. The van der Waals surface area contributed by atoms with Crippen LogP contribution >= 0.6 is 0 Å². The second-order valence-electron chi connectivity index (χ2n) is 3.17. The maximum absolute atomic E-state index is 11.8. The molecule has 0 aromatic carbocycles. The molecular weight excluding hydrogens is 183 g/mol. The molecule has 14 heavy (non-hydrogen) atoms. The summed E-state index contributed by atoms with van der Waals surface area (Å²) in [6.07, 6.45) is 5.05. The van der Waals surface area contributed by atoms with Gasteiger partial charge in [-0.05, 0) is 12.2 Å². The van der Waals surface area contributed by atoms with E-state index in [0.717, 1.165) is 32.8 Å². The predicted octanol–water partition coefficient (Wildman–Crippen LogP) is 0.687. The van der Waals surface area contributed by atoms with Crippen LogP contribution in [0.3, 0.4) is 0 Å². The largest absolute Gasteiger partial charge is 0.399 e. The molecule has 3 nitrogen and oxygen atoms in total. The van der Waals surface area contributed by atoms with Crippen molar-refractivity contribution in [2.75, 3.05) is 39.5 Å². The van der Waals surface area contributed by atoms with Crippen molar-refractivity contribution in [3.63, 3.8) is 0 Å². The Morgan fingerprint density at radius 3 is 2.79 bits per heavy atom. The van der Waals surface area contributed by atoms with Gasteiger partial charge in [0.05, 0.1) is 13.2 Å². The van der Waals surface area contributed by atoms with Gasteiger partial charge in [0.1, 0.15) is 6.67 Å². The molecule has 4 heteroatoms. The number of rotatable bonds is 4. The van der Waals surface area contributed by atoms with E-state index in [1.165, 1.54) is 6.08 Å². The van der Waals surface area contributed by atoms with Crippen molar-refractivity contribution in [3.8, 4) is 0 Å². The van der Waals surface area contributed by atoms with Crippen LogP contribution < -0.4 is 5.73 Å². The van der Waals surface area contributed by atoms with E-state index in [1.54, 1.807) is 6.08 Å². The van der Waals surface area contributed by atoms with Crippen LogP contribution in [0.1, 0.15) is 0 Å². The van der Waals surface area contributed by atoms with Gasteiger partial charge in [0, 0.05) is 25.3 Å². The maximum Gasteiger partial charge on any atom is 0.110 e. The second-order valence-corrected chi connectivity index (χ2v) is 3.17. The van der Waals surface area contributed by atoms with Gasteiger partial charge in [-0.25, -0.2) is 4.39 Å². The first-order chi connectivity index (χ1) is 6.83. The fourth-order valence-corrected chi connectivity index (χ4v) is 1.28. The minimum absolute atomic E-state index is 0.487. The van der Waals surface area contributed by atoms with Gasteiger partial charge in [-0.2, -0.15) is 0 Å². The van der Waals surface area contributed by atoms with E-state index < -0.39 is 6.67 Å². The fourth-order valence-electron chi connectivity index (χ4n) is 1.28. The Bertz CT molecular complexity index is 210. The molecule has 80 valence electrons. The number of ether oxygens (including phenoxy) is 1. The number of morpholine rings is 1. The zero-order valence-corrected chi connectivity index (χ0v) is 8.29. The van der Waals surface area contributed by atoms with Crippen molar-refractivity contribution in [1.29, 1.82) is 0 Å². The van der Waals surface area contributed by atoms with Crippen molar-refractivity contribution >= 4 is 0 Å². The number of halogens is 1. The van der Waals surface area contributed by atoms with Crippen molar-refractivity contribution in [3.05, 3.63) is 23.9 Å². The van der Waals surface area contributed by atoms with Crippen LogP contribution in [0.2, 0.25) is 0 Å². The lowest BCUT2D eigenvalue weighted by Gasteiger charge is -2.25. The van der Waals surface area contributed by atoms with E-state index in [1.807, 2.05) is 6.08 Å². The van der Waals surface area contributed by atoms with Crippen molar-refractivity contribution in [2.45, 2.75) is 0 Å². The van der Waals surface area contributed by atoms with E-state index in [2.05, 4.69) is 4.90 Å². The molecular formula is C10H17FN2O. The standard InChI is InChI=1S/C10H17FN2O/c11-4-3-10(12)2-1-5-13-6-8-14-9-7-13/h1-3H,4-9,12H2/b2-1-,10-3+. The molecule has 0 spiro atoms. The Hall–Kier alpha value is -0.870. The molecule has 1 heterocycles. The monoisotopic (exact) mass is 200 g/mol. The Morgan fingerprint density at radius 1 is 1.43 bits per heavy atom. The molecule has 2 N–H and O–H groups in total. The molecule has 0 aromatic rings. The van der Waals surface area contributed by atoms with Gasteiger partial charge in [0.25, 0.3) is 0 Å². The highest BCUT2D eigenvalue weighted by molar-refractivity contribution is 5.14. The van der Waals surface area contributed by atoms with E-state index in [4.69, 9.17) is 10.5 Å². The minimum Gasteiger partial charge on any atom is -0.399 e. The van der Waals surface area contributed by atoms with Gasteiger partial charge >= 0.3 is 0 Å². The Balaban J connectivity index is 2.21. The summed E-state index contributed by atoms with van der Waals surface area (Å²) in [6.45, 7) is 3.85. The Morgan fingerprint density at radius 2 is 2.14 bits per heavy atom. The van der Waals surface area contributed by atoms with Crippen LogP contribution in [0.15, 0.2) is 23.9 Å². The predicted molar refractivity (Wildman–Crippen MR) is 54.6 cm³/mol. The Kier molecular flexibility index (Phi) is 5.25. The quantitative estimate of drug-likeness (QED) is 0.678. The summed E-state index contributed by atoms with van der Waals surface area (Å²) < 4.78 is 17.0. The first-order valence-corrected chi connectivity index (χ1v) is 4.81. The zero-order chi connectivity index (χ0) is 10.2. The topological polar surface area (TPSA) is 38.5 Å². The second kappa shape index (κ2) is 6.56. The summed E-state index contributed by atoms with van der Waals surface area (Å²) in [5.74, 6) is 0. The molecule has 0 bridgehead atoms. The maximum atomic E-state index is 11.8. The van der Waals surface area contributed by atoms with E-state index in [0.29, 0.717) is 5.70 Å². The minimum atomic E-state index is -0.506. The average molecular weight is 200 g/mol. The third-order valence-electron chi connectivity index (χ3n) is 2.09. The van der Waals surface area contributed by atoms with E-state index in [-0.39, 0.29) is 0 Å². The number of hydrogen-bond acceptors (Lipinski definition) is 3. The molecule has 0 amide bonds. The van der Waals surface area contributed by atoms with Gasteiger partial charge in [-0.3, -0.25) is 4.90 Å². The molecule has 0 aromatic heterocycles. The SMILES string of the molecule is NC(/C=C\CN1CCOCC1)=C/CF. The Labute approximate surface area is 84.0 Å². The van der Waals surface area contributed by atoms with Crippen LogP contribution in [0, 0.1) is 0 Å². The highest BCUT2D eigenvalue weighted by Gasteiger charge is 2.07. The van der Waals surface area contributed by atoms with Crippen LogP contribution in [0.5, 0.6) is 0 Å². The summed E-state index contributed by atoms with van der Waals surface area (Å²) in [5.41, 5.74) is 5.98. The third kappa shape index (κ3) is 4.39. The summed E-state index contributed by atoms with van der Waals surface area (Å²) in [6, 6.07) is 0. The third-order valence-corrected chi connectivity index (χ3v) is 2.09.